The van der Waals surface area contributed by atoms with Crippen molar-refractivity contribution < 1.29 is 28.3 Å². The van der Waals surface area contributed by atoms with Crippen LogP contribution in [0.4, 0.5) is 0 Å². The SMILES string of the molecule is CCCCCCCCCCCCCCCOc1ccc(C(=O)OCC(=O)N(C)CC(C)=O)o1. The fraction of sp³-hybridized carbons (Fsp3) is 0.731. The van der Waals surface area contributed by atoms with Gasteiger partial charge in [0.25, 0.3) is 11.9 Å². The summed E-state index contributed by atoms with van der Waals surface area (Å²) in [7, 11) is 1.48. The molecule has 0 bridgehead atoms. The summed E-state index contributed by atoms with van der Waals surface area (Å²) in [5, 5.41) is 0. The molecule has 0 atom stereocenters. The van der Waals surface area contributed by atoms with E-state index in [9.17, 15) is 14.4 Å². The summed E-state index contributed by atoms with van der Waals surface area (Å²) in [6.07, 6.45) is 16.8. The van der Waals surface area contributed by atoms with Gasteiger partial charge in [-0.1, -0.05) is 84.0 Å². The molecule has 1 rings (SSSR count). The first-order chi connectivity index (χ1) is 15.9. The highest BCUT2D eigenvalue weighted by atomic mass is 16.6. The molecule has 0 spiro atoms. The number of unbranched alkanes of at least 4 members (excludes halogenated alkanes) is 12. The monoisotopic (exact) mass is 465 g/mol. The third kappa shape index (κ3) is 14.5. The third-order valence-corrected chi connectivity index (χ3v) is 5.49. The van der Waals surface area contributed by atoms with Gasteiger partial charge in [0, 0.05) is 13.1 Å². The second kappa shape index (κ2) is 18.2. The number of ether oxygens (including phenoxy) is 2. The number of rotatable bonds is 20. The van der Waals surface area contributed by atoms with E-state index in [1.165, 1.54) is 95.6 Å². The minimum Gasteiger partial charge on any atom is -0.465 e. The second-order valence-electron chi connectivity index (χ2n) is 8.74. The number of ketones is 1. The zero-order valence-electron chi connectivity index (χ0n) is 20.9. The average Bonchev–Trinajstić information content (AvgIpc) is 3.26. The molecule has 0 unspecified atom stereocenters. The van der Waals surface area contributed by atoms with Crippen molar-refractivity contribution in [3.63, 3.8) is 0 Å². The molecule has 1 amide bonds. The zero-order chi connectivity index (χ0) is 24.3. The van der Waals surface area contributed by atoms with Gasteiger partial charge in [0.15, 0.2) is 6.61 Å². The summed E-state index contributed by atoms with van der Waals surface area (Å²) in [6.45, 7) is 3.71. The molecule has 0 radical (unpaired) electrons. The number of likely N-dealkylation sites (N-methyl/N-ethyl adjacent to an activating group) is 1. The number of Topliss-reactive ketones (excluding diaryl/α,β-unsaturated/α-hetero) is 1. The molecule has 0 aliphatic carbocycles. The van der Waals surface area contributed by atoms with Crippen LogP contribution in [0.1, 0.15) is 108 Å². The smallest absolute Gasteiger partial charge is 0.374 e. The molecule has 0 aromatic carbocycles. The molecule has 1 aromatic heterocycles. The fourth-order valence-corrected chi connectivity index (χ4v) is 3.53. The van der Waals surface area contributed by atoms with Crippen molar-refractivity contribution in [3.8, 4) is 5.95 Å². The van der Waals surface area contributed by atoms with E-state index in [1.54, 1.807) is 6.07 Å². The van der Waals surface area contributed by atoms with Gasteiger partial charge >= 0.3 is 5.97 Å². The Morgan fingerprint density at radius 1 is 0.848 bits per heavy atom. The Morgan fingerprint density at radius 2 is 1.39 bits per heavy atom. The van der Waals surface area contributed by atoms with Gasteiger partial charge in [0.1, 0.15) is 5.78 Å². The van der Waals surface area contributed by atoms with Crippen molar-refractivity contribution in [2.75, 3.05) is 26.8 Å². The number of hydrogen-bond acceptors (Lipinski definition) is 6. The van der Waals surface area contributed by atoms with Crippen molar-refractivity contribution >= 4 is 17.7 Å². The van der Waals surface area contributed by atoms with E-state index in [4.69, 9.17) is 13.9 Å². The molecule has 1 aromatic rings. The Hall–Kier alpha value is -2.31. The van der Waals surface area contributed by atoms with Crippen LogP contribution >= 0.6 is 0 Å². The zero-order valence-corrected chi connectivity index (χ0v) is 20.9. The minimum absolute atomic E-state index is 0.0163. The van der Waals surface area contributed by atoms with Crippen LogP contribution in [0.3, 0.4) is 0 Å². The third-order valence-electron chi connectivity index (χ3n) is 5.49. The summed E-state index contributed by atoms with van der Waals surface area (Å²) < 4.78 is 15.8. The molecule has 188 valence electrons. The Morgan fingerprint density at radius 3 is 1.94 bits per heavy atom. The maximum absolute atomic E-state index is 12.0. The van der Waals surface area contributed by atoms with E-state index in [-0.39, 0.29) is 24.0 Å². The van der Waals surface area contributed by atoms with Crippen molar-refractivity contribution in [3.05, 3.63) is 17.9 Å². The summed E-state index contributed by atoms with van der Waals surface area (Å²) in [5.74, 6) is -1.09. The number of hydrogen-bond donors (Lipinski definition) is 0. The predicted molar refractivity (Wildman–Crippen MR) is 128 cm³/mol. The van der Waals surface area contributed by atoms with E-state index in [1.807, 2.05) is 0 Å². The maximum Gasteiger partial charge on any atom is 0.374 e. The molecule has 0 N–H and O–H groups in total. The van der Waals surface area contributed by atoms with Gasteiger partial charge in [0.2, 0.25) is 5.76 Å². The van der Waals surface area contributed by atoms with Crippen molar-refractivity contribution in [2.45, 2.75) is 97.3 Å². The first-order valence-electron chi connectivity index (χ1n) is 12.6. The second-order valence-corrected chi connectivity index (χ2v) is 8.74. The Labute approximate surface area is 199 Å². The van der Waals surface area contributed by atoms with E-state index in [2.05, 4.69) is 6.92 Å². The fourth-order valence-electron chi connectivity index (χ4n) is 3.53. The van der Waals surface area contributed by atoms with Crippen molar-refractivity contribution in [1.82, 2.24) is 4.90 Å². The standard InChI is InChI=1S/C26H43NO6/c1-4-5-6-7-8-9-10-11-12-13-14-15-16-19-31-25-18-17-23(33-25)26(30)32-21-24(29)27(3)20-22(2)28/h17-18H,4-16,19-21H2,1-3H3. The van der Waals surface area contributed by atoms with E-state index in [0.717, 1.165) is 12.8 Å². The van der Waals surface area contributed by atoms with Gasteiger partial charge in [-0.25, -0.2) is 4.79 Å². The molecule has 0 saturated carbocycles. The van der Waals surface area contributed by atoms with Gasteiger partial charge in [-0.05, 0) is 19.4 Å². The normalized spacial score (nSPS) is 10.8. The van der Waals surface area contributed by atoms with Gasteiger partial charge in [-0.2, -0.15) is 0 Å². The Kier molecular flexibility index (Phi) is 15.8. The summed E-state index contributed by atoms with van der Waals surface area (Å²) >= 11 is 0. The number of furan rings is 1. The van der Waals surface area contributed by atoms with Crippen LogP contribution in [-0.2, 0) is 14.3 Å². The molecule has 0 fully saturated rings. The van der Waals surface area contributed by atoms with Crippen LogP contribution in [0, 0.1) is 0 Å². The number of nitrogens with zero attached hydrogens (tertiary/aromatic N) is 1. The highest BCUT2D eigenvalue weighted by Crippen LogP contribution is 2.18. The Bertz CT molecular complexity index is 684. The topological polar surface area (TPSA) is 86.0 Å². The summed E-state index contributed by atoms with van der Waals surface area (Å²) in [5.41, 5.74) is 0. The van der Waals surface area contributed by atoms with E-state index in [0.29, 0.717) is 6.61 Å². The van der Waals surface area contributed by atoms with Crippen molar-refractivity contribution in [1.29, 1.82) is 0 Å². The molecular formula is C26H43NO6. The minimum atomic E-state index is -0.740. The lowest BCUT2D eigenvalue weighted by molar-refractivity contribution is -0.136. The van der Waals surface area contributed by atoms with Crippen LogP contribution in [-0.4, -0.2) is 49.4 Å². The Balaban J connectivity index is 2.04. The first-order valence-corrected chi connectivity index (χ1v) is 12.6. The van der Waals surface area contributed by atoms with Crippen molar-refractivity contribution in [2.24, 2.45) is 0 Å². The summed E-state index contributed by atoms with van der Waals surface area (Å²) in [4.78, 5) is 36.1. The highest BCUT2D eigenvalue weighted by molar-refractivity contribution is 5.90. The highest BCUT2D eigenvalue weighted by Gasteiger charge is 2.17. The maximum atomic E-state index is 12.0. The predicted octanol–water partition coefficient (Wildman–Crippen LogP) is 5.95. The van der Waals surface area contributed by atoms with Gasteiger partial charge < -0.3 is 18.8 Å². The molecule has 0 aliphatic heterocycles. The van der Waals surface area contributed by atoms with Gasteiger partial charge in [0.05, 0.1) is 13.2 Å². The molecule has 33 heavy (non-hydrogen) atoms. The lowest BCUT2D eigenvalue weighted by Crippen LogP contribution is -2.34. The lowest BCUT2D eigenvalue weighted by atomic mass is 10.0. The van der Waals surface area contributed by atoms with E-state index >= 15 is 0 Å². The first kappa shape index (κ1) is 28.7. The van der Waals surface area contributed by atoms with Crippen LogP contribution in [0.2, 0.25) is 0 Å². The number of carbonyl (C=O) groups excluding carboxylic acids is 3. The van der Waals surface area contributed by atoms with Crippen LogP contribution in [0.15, 0.2) is 16.5 Å². The number of amides is 1. The van der Waals surface area contributed by atoms with E-state index < -0.39 is 18.5 Å². The average molecular weight is 466 g/mol. The lowest BCUT2D eigenvalue weighted by Gasteiger charge is -2.14. The molecule has 0 saturated heterocycles. The molecule has 0 aliphatic rings. The van der Waals surface area contributed by atoms with Gasteiger partial charge in [-0.15, -0.1) is 0 Å². The molecule has 7 heteroatoms. The quantitative estimate of drug-likeness (QED) is 0.175. The summed E-state index contributed by atoms with van der Waals surface area (Å²) in [6, 6.07) is 3.04. The molecular weight excluding hydrogens is 422 g/mol. The molecule has 1 heterocycles. The van der Waals surface area contributed by atoms with Gasteiger partial charge in [-0.3, -0.25) is 9.59 Å². The van der Waals surface area contributed by atoms with Crippen LogP contribution < -0.4 is 4.74 Å². The largest absolute Gasteiger partial charge is 0.465 e. The number of carbonyl (C=O) groups is 3. The number of esters is 1. The van der Waals surface area contributed by atoms with Crippen LogP contribution in [0.5, 0.6) is 5.95 Å². The molecule has 7 nitrogen and oxygen atoms in total. The van der Waals surface area contributed by atoms with Crippen LogP contribution in [0.25, 0.3) is 0 Å².